The number of hydrogen-bond acceptors (Lipinski definition) is 7. The van der Waals surface area contributed by atoms with Crippen LogP contribution in [0.5, 0.6) is 17.4 Å². The quantitative estimate of drug-likeness (QED) is 0.104. The summed E-state index contributed by atoms with van der Waals surface area (Å²) in [6.07, 6.45) is 4.57. The Bertz CT molecular complexity index is 1520. The van der Waals surface area contributed by atoms with Crippen molar-refractivity contribution < 1.29 is 28.1 Å². The van der Waals surface area contributed by atoms with Crippen LogP contribution < -0.4 is 14.8 Å². The molecule has 1 amide bonds. The number of carbonyl (C=O) groups excluding carboxylic acids is 1. The van der Waals surface area contributed by atoms with Gasteiger partial charge in [0.15, 0.2) is 17.2 Å². The molecule has 0 radical (unpaired) electrons. The second-order valence-corrected chi connectivity index (χ2v) is 16.2. The van der Waals surface area contributed by atoms with Crippen LogP contribution in [-0.2, 0) is 21.0 Å². The summed E-state index contributed by atoms with van der Waals surface area (Å²) >= 11 is 0. The van der Waals surface area contributed by atoms with Gasteiger partial charge in [-0.2, -0.15) is 0 Å². The van der Waals surface area contributed by atoms with Crippen molar-refractivity contribution in [3.05, 3.63) is 73.3 Å². The molecule has 4 rings (SSSR count). The molecule has 0 bridgehead atoms. The van der Waals surface area contributed by atoms with Crippen LogP contribution >= 0.6 is 0 Å². The largest absolute Gasteiger partial charge is 0.488 e. The SMILES string of the molecule is C=CC(=O)Nc1cccc(Oc2cnc3c(n2)c(-c2ccc(OCCOC)c(F)c2)cn3COCC[Si](C)(C)C)c1. The Kier molecular flexibility index (Phi) is 9.87. The Balaban J connectivity index is 1.65. The first-order chi connectivity index (χ1) is 19.7. The van der Waals surface area contributed by atoms with Gasteiger partial charge in [-0.25, -0.2) is 14.4 Å². The summed E-state index contributed by atoms with van der Waals surface area (Å²) < 4.78 is 39.2. The zero-order chi connectivity index (χ0) is 29.4. The highest BCUT2D eigenvalue weighted by atomic mass is 28.3. The standard InChI is InChI=1S/C30H35FN4O5Si/c1-6-27(36)33-22-8-7-9-23(17-22)40-28-18-32-30-29(34-28)24(19-35(30)20-38-14-15-41(3,4)5)21-10-11-26(25(31)16-21)39-13-12-37-2/h6-11,16-19H,1,12-15,20H2,2-5H3,(H,33,36). The zero-order valence-electron chi connectivity index (χ0n) is 23.8. The number of amides is 1. The van der Waals surface area contributed by atoms with Gasteiger partial charge in [-0.1, -0.05) is 38.4 Å². The molecule has 11 heteroatoms. The molecule has 41 heavy (non-hydrogen) atoms. The number of rotatable bonds is 14. The van der Waals surface area contributed by atoms with E-state index in [0.717, 1.165) is 6.04 Å². The minimum atomic E-state index is -1.25. The first-order valence-corrected chi connectivity index (χ1v) is 16.9. The van der Waals surface area contributed by atoms with E-state index < -0.39 is 13.9 Å². The summed E-state index contributed by atoms with van der Waals surface area (Å²) in [4.78, 5) is 21.0. The van der Waals surface area contributed by atoms with Gasteiger partial charge < -0.3 is 28.8 Å². The third kappa shape index (κ3) is 8.23. The Labute approximate surface area is 239 Å². The maximum absolute atomic E-state index is 15.0. The lowest BCUT2D eigenvalue weighted by Crippen LogP contribution is -2.22. The molecule has 216 valence electrons. The van der Waals surface area contributed by atoms with Gasteiger partial charge in [0.2, 0.25) is 11.8 Å². The molecule has 0 saturated heterocycles. The summed E-state index contributed by atoms with van der Waals surface area (Å²) in [6.45, 7) is 11.9. The van der Waals surface area contributed by atoms with Gasteiger partial charge in [0.1, 0.15) is 24.6 Å². The molecule has 0 aliphatic rings. The van der Waals surface area contributed by atoms with Crippen LogP contribution in [-0.4, -0.2) is 55.4 Å². The van der Waals surface area contributed by atoms with Gasteiger partial charge >= 0.3 is 0 Å². The molecule has 0 fully saturated rings. The van der Waals surface area contributed by atoms with Crippen molar-refractivity contribution in [2.24, 2.45) is 0 Å². The Morgan fingerprint density at radius 1 is 1.15 bits per heavy atom. The molecule has 9 nitrogen and oxygen atoms in total. The average Bonchev–Trinajstić information content (AvgIpc) is 3.29. The number of benzene rings is 2. The van der Waals surface area contributed by atoms with Crippen molar-refractivity contribution in [2.75, 3.05) is 32.2 Å². The third-order valence-corrected chi connectivity index (χ3v) is 7.77. The van der Waals surface area contributed by atoms with Gasteiger partial charge in [0, 0.05) is 45.3 Å². The molecular weight excluding hydrogens is 543 g/mol. The highest BCUT2D eigenvalue weighted by molar-refractivity contribution is 6.76. The number of hydrogen-bond donors (Lipinski definition) is 1. The molecule has 0 aliphatic heterocycles. The fraction of sp³-hybridized carbons (Fsp3) is 0.300. The maximum Gasteiger partial charge on any atom is 0.247 e. The molecule has 1 N–H and O–H groups in total. The maximum atomic E-state index is 15.0. The zero-order valence-corrected chi connectivity index (χ0v) is 24.8. The van der Waals surface area contributed by atoms with Crippen LogP contribution in [0.2, 0.25) is 25.7 Å². The number of methoxy groups -OCH3 is 1. The van der Waals surface area contributed by atoms with Crippen molar-refractivity contribution >= 4 is 30.8 Å². The highest BCUT2D eigenvalue weighted by Crippen LogP contribution is 2.33. The molecule has 2 aromatic carbocycles. The van der Waals surface area contributed by atoms with Crippen molar-refractivity contribution in [1.29, 1.82) is 0 Å². The molecule has 2 heterocycles. The first-order valence-electron chi connectivity index (χ1n) is 13.2. The number of fused-ring (bicyclic) bond motifs is 1. The van der Waals surface area contributed by atoms with Crippen LogP contribution in [0.4, 0.5) is 10.1 Å². The molecule has 0 aliphatic carbocycles. The third-order valence-electron chi connectivity index (χ3n) is 6.07. The smallest absolute Gasteiger partial charge is 0.247 e. The number of ether oxygens (including phenoxy) is 4. The fourth-order valence-electron chi connectivity index (χ4n) is 3.91. The molecule has 0 saturated carbocycles. The second-order valence-electron chi connectivity index (χ2n) is 10.6. The topological polar surface area (TPSA) is 96.7 Å². The van der Waals surface area contributed by atoms with Crippen molar-refractivity contribution in [2.45, 2.75) is 32.4 Å². The van der Waals surface area contributed by atoms with Crippen molar-refractivity contribution in [3.63, 3.8) is 0 Å². The summed E-state index contributed by atoms with van der Waals surface area (Å²) in [5.74, 6) is 0.0132. The number of aromatic nitrogens is 3. The van der Waals surface area contributed by atoms with E-state index in [0.29, 0.717) is 46.9 Å². The van der Waals surface area contributed by atoms with Gasteiger partial charge in [0.25, 0.3) is 0 Å². The van der Waals surface area contributed by atoms with Gasteiger partial charge in [-0.05, 0) is 41.9 Å². The average molecular weight is 579 g/mol. The lowest BCUT2D eigenvalue weighted by molar-refractivity contribution is -0.111. The lowest BCUT2D eigenvalue weighted by Gasteiger charge is -2.15. The monoisotopic (exact) mass is 578 g/mol. The van der Waals surface area contributed by atoms with Gasteiger partial charge in [-0.15, -0.1) is 0 Å². The van der Waals surface area contributed by atoms with E-state index in [1.54, 1.807) is 43.5 Å². The Morgan fingerprint density at radius 3 is 2.71 bits per heavy atom. The Hall–Kier alpha value is -4.06. The van der Waals surface area contributed by atoms with Gasteiger partial charge in [-0.3, -0.25) is 4.79 Å². The normalized spacial score (nSPS) is 11.4. The van der Waals surface area contributed by atoms with Crippen LogP contribution in [0.3, 0.4) is 0 Å². The van der Waals surface area contributed by atoms with Crippen LogP contribution in [0.1, 0.15) is 0 Å². The number of nitrogens with zero attached hydrogens (tertiary/aromatic N) is 3. The van der Waals surface area contributed by atoms with Crippen LogP contribution in [0.25, 0.3) is 22.3 Å². The minimum absolute atomic E-state index is 0.141. The minimum Gasteiger partial charge on any atom is -0.488 e. The van der Waals surface area contributed by atoms with E-state index in [1.165, 1.54) is 18.3 Å². The van der Waals surface area contributed by atoms with E-state index >= 15 is 0 Å². The van der Waals surface area contributed by atoms with Crippen LogP contribution in [0, 0.1) is 5.82 Å². The lowest BCUT2D eigenvalue weighted by atomic mass is 10.1. The van der Waals surface area contributed by atoms with Crippen molar-refractivity contribution in [3.8, 4) is 28.5 Å². The van der Waals surface area contributed by atoms with Gasteiger partial charge in [0.05, 0.1) is 12.8 Å². The predicted octanol–water partition coefficient (Wildman–Crippen LogP) is 6.49. The number of nitrogens with one attached hydrogen (secondary N) is 1. The summed E-state index contributed by atoms with van der Waals surface area (Å²) in [6, 6.07) is 12.7. The van der Waals surface area contributed by atoms with Crippen molar-refractivity contribution in [1.82, 2.24) is 14.5 Å². The molecular formula is C30H35FN4O5Si. The van der Waals surface area contributed by atoms with E-state index in [9.17, 15) is 9.18 Å². The molecule has 4 aromatic rings. The molecule has 0 spiro atoms. The number of anilines is 1. The molecule has 0 unspecified atom stereocenters. The predicted molar refractivity (Wildman–Crippen MR) is 160 cm³/mol. The Morgan fingerprint density at radius 2 is 1.98 bits per heavy atom. The highest BCUT2D eigenvalue weighted by Gasteiger charge is 2.18. The molecule has 2 aromatic heterocycles. The summed E-state index contributed by atoms with van der Waals surface area (Å²) in [5.41, 5.74) is 2.93. The van der Waals surface area contributed by atoms with E-state index in [2.05, 4.69) is 36.5 Å². The van der Waals surface area contributed by atoms with E-state index in [4.69, 9.17) is 23.9 Å². The fourth-order valence-corrected chi connectivity index (χ4v) is 4.66. The van der Waals surface area contributed by atoms with Crippen LogP contribution in [0.15, 0.2) is 67.5 Å². The second kappa shape index (κ2) is 13.5. The first kappa shape index (κ1) is 29.9. The summed E-state index contributed by atoms with van der Waals surface area (Å²) in [5, 5.41) is 2.70. The number of carbonyl (C=O) groups is 1. The molecule has 0 atom stereocenters. The summed E-state index contributed by atoms with van der Waals surface area (Å²) in [7, 11) is 0.310. The van der Waals surface area contributed by atoms with E-state index in [-0.39, 0.29) is 30.9 Å². The number of halogens is 1. The van der Waals surface area contributed by atoms with E-state index in [1.807, 2.05) is 10.8 Å².